The van der Waals surface area contributed by atoms with Crippen LogP contribution < -0.4 is 10.1 Å². The molecule has 0 bridgehead atoms. The second kappa shape index (κ2) is 11.6. The van der Waals surface area contributed by atoms with Crippen molar-refractivity contribution in [3.05, 3.63) is 90.6 Å². The van der Waals surface area contributed by atoms with E-state index in [4.69, 9.17) is 4.74 Å². The Labute approximate surface area is 224 Å². The predicted molar refractivity (Wildman–Crippen MR) is 149 cm³/mol. The normalized spacial score (nSPS) is 11.6. The van der Waals surface area contributed by atoms with Crippen molar-refractivity contribution >= 4 is 21.9 Å². The first-order valence-corrected chi connectivity index (χ1v) is 13.9. The van der Waals surface area contributed by atoms with Crippen molar-refractivity contribution < 1.29 is 17.9 Å². The predicted octanol–water partition coefficient (Wildman–Crippen LogP) is 5.28. The molecule has 0 aliphatic heterocycles. The lowest BCUT2D eigenvalue weighted by Gasteiger charge is -2.25. The van der Waals surface area contributed by atoms with Gasteiger partial charge in [0.05, 0.1) is 29.4 Å². The van der Waals surface area contributed by atoms with Gasteiger partial charge in [0.15, 0.2) is 0 Å². The minimum atomic E-state index is -3.89. The third-order valence-corrected chi connectivity index (χ3v) is 7.97. The number of rotatable bonds is 10. The van der Waals surface area contributed by atoms with Gasteiger partial charge in [0.25, 0.3) is 0 Å². The summed E-state index contributed by atoms with van der Waals surface area (Å²) in [7, 11) is -3.89. The van der Waals surface area contributed by atoms with E-state index >= 15 is 0 Å². The number of nitrogens with one attached hydrogen (secondary N) is 1. The second-order valence-corrected chi connectivity index (χ2v) is 11.0. The topological polar surface area (TPSA) is 93.5 Å². The van der Waals surface area contributed by atoms with Crippen LogP contribution in [0.4, 0.5) is 5.95 Å². The fraction of sp³-hybridized carbons (Fsp3) is 0.241. The Balaban J connectivity index is 1.66. The summed E-state index contributed by atoms with van der Waals surface area (Å²) >= 11 is 0. The number of benzene rings is 3. The number of hydrogen-bond donors (Lipinski definition) is 1. The molecule has 0 fully saturated rings. The molecular formula is C29H32N4O4S. The van der Waals surface area contributed by atoms with Crippen LogP contribution in [0.5, 0.6) is 5.75 Å². The van der Waals surface area contributed by atoms with Crippen molar-refractivity contribution in [3.63, 3.8) is 0 Å². The highest BCUT2D eigenvalue weighted by atomic mass is 32.2. The maximum absolute atomic E-state index is 13.4. The molecule has 1 aromatic heterocycles. The molecule has 0 aliphatic carbocycles. The van der Waals surface area contributed by atoms with Crippen LogP contribution in [-0.2, 0) is 14.8 Å². The number of amides is 1. The summed E-state index contributed by atoms with van der Waals surface area (Å²) in [5.41, 5.74) is 3.24. The number of carbonyl (C=O) groups excluding carboxylic acids is 1. The van der Waals surface area contributed by atoms with Gasteiger partial charge in [0.2, 0.25) is 21.9 Å². The molecule has 3 aromatic carbocycles. The van der Waals surface area contributed by atoms with E-state index in [2.05, 4.69) is 10.3 Å². The lowest BCUT2D eigenvalue weighted by Crippen LogP contribution is -2.42. The number of nitrogens with zero attached hydrogens (tertiary/aromatic N) is 3. The van der Waals surface area contributed by atoms with Crippen molar-refractivity contribution in [2.45, 2.75) is 38.6 Å². The van der Waals surface area contributed by atoms with E-state index in [0.717, 1.165) is 16.8 Å². The highest BCUT2D eigenvalue weighted by Gasteiger charge is 2.29. The van der Waals surface area contributed by atoms with Crippen LogP contribution >= 0.6 is 0 Å². The molecule has 1 heterocycles. The molecule has 1 N–H and O–H groups in total. The number of ether oxygens (including phenoxy) is 1. The molecule has 0 saturated carbocycles. The largest absolute Gasteiger partial charge is 0.494 e. The summed E-state index contributed by atoms with van der Waals surface area (Å²) in [6, 6.07) is 23.2. The number of carbonyl (C=O) groups is 1. The van der Waals surface area contributed by atoms with Crippen LogP contribution in [0.25, 0.3) is 16.9 Å². The molecule has 9 heteroatoms. The number of sulfonamides is 1. The average molecular weight is 533 g/mol. The zero-order valence-corrected chi connectivity index (χ0v) is 22.8. The second-order valence-electron chi connectivity index (χ2n) is 9.12. The summed E-state index contributed by atoms with van der Waals surface area (Å²) in [6.45, 7) is 7.45. The maximum atomic E-state index is 13.4. The molecule has 0 spiro atoms. The van der Waals surface area contributed by atoms with E-state index in [1.54, 1.807) is 42.7 Å². The number of imidazole rings is 1. The number of aromatic nitrogens is 2. The summed E-state index contributed by atoms with van der Waals surface area (Å²) in [5, 5.41) is 2.83. The molecule has 1 amide bonds. The standard InChI is InChI=1S/C29H32N4O4S/c1-5-37-25-13-9-12-24(18-25)32-19-27(23-10-7-6-8-11-23)30-29(32)31-28(34)20-33(21(2)3)38(35,36)26-16-14-22(4)15-17-26/h6-19,21H,5,20H2,1-4H3,(H,30,31,34). The zero-order valence-electron chi connectivity index (χ0n) is 22.0. The van der Waals surface area contributed by atoms with Gasteiger partial charge in [-0.05, 0) is 52.0 Å². The van der Waals surface area contributed by atoms with E-state index in [9.17, 15) is 13.2 Å². The lowest BCUT2D eigenvalue weighted by molar-refractivity contribution is -0.116. The van der Waals surface area contributed by atoms with Gasteiger partial charge in [0, 0.05) is 23.9 Å². The highest BCUT2D eigenvalue weighted by molar-refractivity contribution is 7.89. The van der Waals surface area contributed by atoms with E-state index < -0.39 is 22.0 Å². The Bertz CT molecular complexity index is 1500. The Morgan fingerprint density at radius 2 is 1.74 bits per heavy atom. The van der Waals surface area contributed by atoms with Crippen LogP contribution in [0.2, 0.25) is 0 Å². The van der Waals surface area contributed by atoms with Gasteiger partial charge in [-0.25, -0.2) is 13.4 Å². The Morgan fingerprint density at radius 1 is 1.03 bits per heavy atom. The summed E-state index contributed by atoms with van der Waals surface area (Å²) in [4.78, 5) is 18.1. The summed E-state index contributed by atoms with van der Waals surface area (Å²) in [5.74, 6) is 0.466. The minimum Gasteiger partial charge on any atom is -0.494 e. The van der Waals surface area contributed by atoms with Crippen molar-refractivity contribution in [1.82, 2.24) is 13.9 Å². The molecule has 4 aromatic rings. The van der Waals surface area contributed by atoms with Gasteiger partial charge in [-0.15, -0.1) is 0 Å². The Kier molecular flexibility index (Phi) is 8.29. The zero-order chi connectivity index (χ0) is 27.3. The van der Waals surface area contributed by atoms with Crippen LogP contribution in [-0.4, -0.2) is 47.4 Å². The molecule has 0 unspecified atom stereocenters. The van der Waals surface area contributed by atoms with Gasteiger partial charge in [-0.3, -0.25) is 14.7 Å². The van der Waals surface area contributed by atoms with Gasteiger partial charge in [-0.2, -0.15) is 4.31 Å². The Morgan fingerprint density at radius 3 is 2.39 bits per heavy atom. The molecule has 8 nitrogen and oxygen atoms in total. The molecule has 38 heavy (non-hydrogen) atoms. The number of aryl methyl sites for hydroxylation is 1. The summed E-state index contributed by atoms with van der Waals surface area (Å²) in [6.07, 6.45) is 1.83. The third-order valence-electron chi connectivity index (χ3n) is 5.94. The van der Waals surface area contributed by atoms with Crippen LogP contribution in [0.1, 0.15) is 26.3 Å². The highest BCUT2D eigenvalue weighted by Crippen LogP contribution is 2.26. The van der Waals surface area contributed by atoms with E-state index in [1.165, 1.54) is 4.31 Å². The quantitative estimate of drug-likeness (QED) is 0.300. The fourth-order valence-corrected chi connectivity index (χ4v) is 5.59. The first-order chi connectivity index (χ1) is 18.2. The smallest absolute Gasteiger partial charge is 0.243 e. The molecule has 0 atom stereocenters. The molecule has 198 valence electrons. The van der Waals surface area contributed by atoms with Crippen LogP contribution in [0.15, 0.2) is 90.0 Å². The number of hydrogen-bond acceptors (Lipinski definition) is 5. The van der Waals surface area contributed by atoms with Crippen LogP contribution in [0, 0.1) is 6.92 Å². The van der Waals surface area contributed by atoms with Gasteiger partial charge >= 0.3 is 0 Å². The number of anilines is 1. The lowest BCUT2D eigenvalue weighted by atomic mass is 10.2. The minimum absolute atomic E-state index is 0.144. The fourth-order valence-electron chi connectivity index (χ4n) is 4.00. The van der Waals surface area contributed by atoms with Gasteiger partial charge in [-0.1, -0.05) is 54.1 Å². The Hall–Kier alpha value is -3.95. The third kappa shape index (κ3) is 6.12. The van der Waals surface area contributed by atoms with Gasteiger partial charge in [0.1, 0.15) is 5.75 Å². The first kappa shape index (κ1) is 27.1. The maximum Gasteiger partial charge on any atom is 0.243 e. The molecule has 4 rings (SSSR count). The van der Waals surface area contributed by atoms with Crippen molar-refractivity contribution in [3.8, 4) is 22.7 Å². The van der Waals surface area contributed by atoms with Crippen molar-refractivity contribution in [2.75, 3.05) is 18.5 Å². The monoisotopic (exact) mass is 532 g/mol. The van der Waals surface area contributed by atoms with E-state index in [1.807, 2.05) is 74.6 Å². The SMILES string of the molecule is CCOc1cccc(-n2cc(-c3ccccc3)nc2NC(=O)CN(C(C)C)S(=O)(=O)c2ccc(C)cc2)c1. The molecule has 0 radical (unpaired) electrons. The van der Waals surface area contributed by atoms with E-state index in [-0.39, 0.29) is 17.4 Å². The average Bonchev–Trinajstić information content (AvgIpc) is 3.32. The van der Waals surface area contributed by atoms with Crippen molar-refractivity contribution in [1.29, 1.82) is 0 Å². The van der Waals surface area contributed by atoms with E-state index in [0.29, 0.717) is 18.1 Å². The molecular weight excluding hydrogens is 500 g/mol. The first-order valence-electron chi connectivity index (χ1n) is 12.5. The van der Waals surface area contributed by atoms with Gasteiger partial charge < -0.3 is 4.74 Å². The van der Waals surface area contributed by atoms with Crippen LogP contribution in [0.3, 0.4) is 0 Å². The summed E-state index contributed by atoms with van der Waals surface area (Å²) < 4.78 is 35.3. The molecule has 0 saturated heterocycles. The molecule has 0 aliphatic rings. The van der Waals surface area contributed by atoms with Crippen molar-refractivity contribution in [2.24, 2.45) is 0 Å².